The molecular weight excluding hydrogens is 448 g/mol. The molecule has 1 saturated carbocycles. The summed E-state index contributed by atoms with van der Waals surface area (Å²) in [5, 5.41) is 13.8. The number of nitrogens with zero attached hydrogens (tertiary/aromatic N) is 4. The lowest BCUT2D eigenvalue weighted by Gasteiger charge is -2.57. The Bertz CT molecular complexity index is 812. The third kappa shape index (κ3) is 6.42. The minimum Gasteiger partial charge on any atom is -0.483 e. The van der Waals surface area contributed by atoms with Gasteiger partial charge in [0.05, 0.1) is 12.0 Å². The zero-order valence-electron chi connectivity index (χ0n) is 21.2. The first-order valence-corrected chi connectivity index (χ1v) is 13.1. The fourth-order valence-electron chi connectivity index (χ4n) is 7.17. The predicted molar refractivity (Wildman–Crippen MR) is 132 cm³/mol. The lowest BCUT2D eigenvalue weighted by molar-refractivity contribution is -0.123. The Kier molecular flexibility index (Phi) is 10.1. The highest BCUT2D eigenvalue weighted by Gasteiger charge is 2.48. The Hall–Kier alpha value is -2.42. The van der Waals surface area contributed by atoms with Crippen LogP contribution in [-0.2, 0) is 16.6 Å². The van der Waals surface area contributed by atoms with Crippen molar-refractivity contribution < 1.29 is 24.6 Å². The molecule has 1 amide bonds. The second-order valence-corrected chi connectivity index (χ2v) is 10.6. The molecule has 3 aliphatic heterocycles. The van der Waals surface area contributed by atoms with Gasteiger partial charge in [-0.05, 0) is 56.9 Å². The molecule has 0 unspecified atom stereocenters. The topological polar surface area (TPSA) is 116 Å². The molecular formula is C26H42N4O5. The van der Waals surface area contributed by atoms with Crippen LogP contribution in [0.2, 0.25) is 0 Å². The molecule has 5 rings (SSSR count). The Balaban J connectivity index is 0.000000520. The van der Waals surface area contributed by atoms with E-state index < -0.39 is 0 Å². The molecule has 1 aromatic rings. The number of likely N-dealkylation sites (tertiary alicyclic amines) is 1. The SMILES string of the molecule is Cc1ncn(C)c1C(=O)N1C[C@H]2C[C@@H](C1)[C@H](CC1CCCCC1)N1CCCC[C@@H]21.O=CO.O=CO. The van der Waals surface area contributed by atoms with Crippen LogP contribution in [0.4, 0.5) is 0 Å². The standard InChI is InChI=1S/C24H38N4O.2CH2O2/c1-17-23(26(2)16-25-17)24(29)27-14-19-13-20(15-27)22(12-18-8-4-3-5-9-18)28-11-7-6-10-21(19)28;2*2-1-3/h16,18-22H,3-15H2,1-2H3;2*1H,(H,2,3)/t19-,20+,21+,22+;;/m1../s1. The van der Waals surface area contributed by atoms with Crippen LogP contribution < -0.4 is 0 Å². The monoisotopic (exact) mass is 490 g/mol. The van der Waals surface area contributed by atoms with Gasteiger partial charge in [0.2, 0.25) is 0 Å². The van der Waals surface area contributed by atoms with E-state index in [2.05, 4.69) is 14.8 Å². The van der Waals surface area contributed by atoms with Crippen LogP contribution in [0.15, 0.2) is 6.33 Å². The lowest BCUT2D eigenvalue weighted by Crippen LogP contribution is -2.64. The summed E-state index contributed by atoms with van der Waals surface area (Å²) in [7, 11) is 1.95. The first-order valence-electron chi connectivity index (χ1n) is 13.1. The summed E-state index contributed by atoms with van der Waals surface area (Å²) in [6.07, 6.45) is 15.7. The van der Waals surface area contributed by atoms with Crippen LogP contribution in [0.25, 0.3) is 0 Å². The van der Waals surface area contributed by atoms with Gasteiger partial charge in [0.25, 0.3) is 18.9 Å². The van der Waals surface area contributed by atoms with Crippen molar-refractivity contribution >= 4 is 18.9 Å². The van der Waals surface area contributed by atoms with Crippen molar-refractivity contribution in [2.75, 3.05) is 19.6 Å². The minimum absolute atomic E-state index is 0.206. The van der Waals surface area contributed by atoms with E-state index in [1.807, 2.05) is 18.5 Å². The second kappa shape index (κ2) is 13.0. The van der Waals surface area contributed by atoms with E-state index in [4.69, 9.17) is 19.8 Å². The third-order valence-corrected chi connectivity index (χ3v) is 8.53. The van der Waals surface area contributed by atoms with Crippen LogP contribution >= 0.6 is 0 Å². The van der Waals surface area contributed by atoms with Gasteiger partial charge in [0, 0.05) is 32.2 Å². The summed E-state index contributed by atoms with van der Waals surface area (Å²) in [6.45, 7) is 4.65. The maximum atomic E-state index is 13.4. The lowest BCUT2D eigenvalue weighted by atomic mass is 9.69. The molecule has 35 heavy (non-hydrogen) atoms. The van der Waals surface area contributed by atoms with E-state index in [0.29, 0.717) is 23.9 Å². The first kappa shape index (κ1) is 27.2. The Labute approximate surface area is 208 Å². The second-order valence-electron chi connectivity index (χ2n) is 10.6. The predicted octanol–water partition coefficient (Wildman–Crippen LogP) is 3.42. The number of fused-ring (bicyclic) bond motifs is 4. The van der Waals surface area contributed by atoms with Gasteiger partial charge in [0.1, 0.15) is 5.69 Å². The van der Waals surface area contributed by atoms with E-state index in [1.165, 1.54) is 70.8 Å². The Morgan fingerprint density at radius 2 is 1.66 bits per heavy atom. The maximum Gasteiger partial charge on any atom is 0.290 e. The number of rotatable bonds is 3. The summed E-state index contributed by atoms with van der Waals surface area (Å²) < 4.78 is 1.91. The van der Waals surface area contributed by atoms with Crippen molar-refractivity contribution in [3.63, 3.8) is 0 Å². The summed E-state index contributed by atoms with van der Waals surface area (Å²) in [4.78, 5) is 39.7. The van der Waals surface area contributed by atoms with Gasteiger partial charge in [-0.2, -0.15) is 0 Å². The van der Waals surface area contributed by atoms with E-state index in [-0.39, 0.29) is 18.9 Å². The van der Waals surface area contributed by atoms with Crippen molar-refractivity contribution in [3.05, 3.63) is 17.7 Å². The van der Waals surface area contributed by atoms with Crippen LogP contribution in [0.3, 0.4) is 0 Å². The number of carbonyl (C=O) groups is 3. The fraction of sp³-hybridized carbons (Fsp3) is 0.769. The van der Waals surface area contributed by atoms with Crippen molar-refractivity contribution in [1.29, 1.82) is 0 Å². The van der Waals surface area contributed by atoms with E-state index >= 15 is 0 Å². The number of carboxylic acid groups (broad SMARTS) is 2. The van der Waals surface area contributed by atoms with Crippen molar-refractivity contribution in [2.45, 2.75) is 83.2 Å². The number of hydrogen-bond donors (Lipinski definition) is 2. The van der Waals surface area contributed by atoms with Gasteiger partial charge in [-0.1, -0.05) is 38.5 Å². The largest absolute Gasteiger partial charge is 0.483 e. The molecule has 4 atom stereocenters. The molecule has 9 nitrogen and oxygen atoms in total. The van der Waals surface area contributed by atoms with Crippen LogP contribution in [0, 0.1) is 24.7 Å². The van der Waals surface area contributed by atoms with E-state index in [1.54, 1.807) is 6.33 Å². The highest BCUT2D eigenvalue weighted by molar-refractivity contribution is 5.93. The van der Waals surface area contributed by atoms with Gasteiger partial charge in [-0.3, -0.25) is 19.3 Å². The average Bonchev–Trinajstić information content (AvgIpc) is 3.20. The third-order valence-electron chi connectivity index (χ3n) is 8.53. The number of imidazole rings is 1. The molecule has 4 fully saturated rings. The molecule has 9 heteroatoms. The van der Waals surface area contributed by atoms with Gasteiger partial charge in [0.15, 0.2) is 0 Å². The normalized spacial score (nSPS) is 28.5. The Morgan fingerprint density at radius 3 is 2.29 bits per heavy atom. The number of amides is 1. The zero-order valence-corrected chi connectivity index (χ0v) is 21.2. The van der Waals surface area contributed by atoms with Crippen molar-refractivity contribution in [3.8, 4) is 0 Å². The van der Waals surface area contributed by atoms with Crippen molar-refractivity contribution in [2.24, 2.45) is 24.8 Å². The minimum atomic E-state index is -0.250. The molecule has 0 radical (unpaired) electrons. The molecule has 4 aliphatic rings. The van der Waals surface area contributed by atoms with Crippen molar-refractivity contribution in [1.82, 2.24) is 19.4 Å². The molecule has 196 valence electrons. The quantitative estimate of drug-likeness (QED) is 0.624. The van der Waals surface area contributed by atoms with Gasteiger partial charge >= 0.3 is 0 Å². The van der Waals surface area contributed by atoms with E-state index in [0.717, 1.165) is 30.4 Å². The smallest absolute Gasteiger partial charge is 0.290 e. The van der Waals surface area contributed by atoms with Crippen LogP contribution in [0.5, 0.6) is 0 Å². The number of aryl methyl sites for hydroxylation is 2. The van der Waals surface area contributed by atoms with Crippen LogP contribution in [-0.4, -0.2) is 80.1 Å². The summed E-state index contributed by atoms with van der Waals surface area (Å²) >= 11 is 0. The molecule has 0 spiro atoms. The zero-order chi connectivity index (χ0) is 25.4. The number of piperidine rings is 3. The molecule has 0 aromatic carbocycles. The molecule has 4 heterocycles. The molecule has 1 aromatic heterocycles. The number of hydrogen-bond acceptors (Lipinski definition) is 5. The maximum absolute atomic E-state index is 13.4. The molecule has 1 aliphatic carbocycles. The summed E-state index contributed by atoms with van der Waals surface area (Å²) in [5.41, 5.74) is 1.65. The highest BCUT2D eigenvalue weighted by Crippen LogP contribution is 2.44. The van der Waals surface area contributed by atoms with Gasteiger partial charge in [-0.25, -0.2) is 4.98 Å². The Morgan fingerprint density at radius 1 is 1.03 bits per heavy atom. The number of aromatic nitrogens is 2. The summed E-state index contributed by atoms with van der Waals surface area (Å²) in [5.74, 6) is 2.44. The molecule has 3 saturated heterocycles. The fourth-order valence-corrected chi connectivity index (χ4v) is 7.17. The molecule has 2 bridgehead atoms. The summed E-state index contributed by atoms with van der Waals surface area (Å²) in [6, 6.07) is 1.40. The first-order chi connectivity index (χ1) is 16.9. The number of carbonyl (C=O) groups excluding carboxylic acids is 1. The molecule has 2 N–H and O–H groups in total. The van der Waals surface area contributed by atoms with Gasteiger partial charge in [-0.15, -0.1) is 0 Å². The van der Waals surface area contributed by atoms with E-state index in [9.17, 15) is 4.79 Å². The highest BCUT2D eigenvalue weighted by atomic mass is 16.3. The van der Waals surface area contributed by atoms with Gasteiger partial charge < -0.3 is 19.7 Å². The average molecular weight is 491 g/mol. The van der Waals surface area contributed by atoms with Crippen LogP contribution in [0.1, 0.15) is 80.4 Å².